The Morgan fingerprint density at radius 2 is 1.81 bits per heavy atom. The van der Waals surface area contributed by atoms with Gasteiger partial charge in [-0.1, -0.05) is 37.6 Å². The van der Waals surface area contributed by atoms with Gasteiger partial charge in [-0.3, -0.25) is 9.78 Å². The number of hydrogen-bond acceptors (Lipinski definition) is 5. The maximum absolute atomic E-state index is 13.8. The molecule has 0 saturated carbocycles. The zero-order valence-electron chi connectivity index (χ0n) is 18.0. The minimum Gasteiger partial charge on any atom is -0.378 e. The van der Waals surface area contributed by atoms with Crippen LogP contribution < -0.4 is 0 Å². The highest BCUT2D eigenvalue weighted by molar-refractivity contribution is 7.91. The normalized spacial score (nSPS) is 14.8. The first-order valence-corrected chi connectivity index (χ1v) is 12.4. The number of carbonyl (C=O) groups is 1. The van der Waals surface area contributed by atoms with Crippen molar-refractivity contribution in [2.45, 2.75) is 30.1 Å². The number of hydrogen-bond donors (Lipinski definition) is 0. The topological polar surface area (TPSA) is 76.6 Å². The highest BCUT2D eigenvalue weighted by Crippen LogP contribution is 2.33. The second-order valence-corrected chi connectivity index (χ2v) is 10.6. The molecule has 1 saturated heterocycles. The number of nitrogens with zero attached hydrogens (tertiary/aromatic N) is 2. The van der Waals surface area contributed by atoms with Crippen LogP contribution in [0.3, 0.4) is 0 Å². The summed E-state index contributed by atoms with van der Waals surface area (Å²) < 4.78 is 33.0. The van der Waals surface area contributed by atoms with Gasteiger partial charge in [0.25, 0.3) is 5.91 Å². The van der Waals surface area contributed by atoms with E-state index in [1.54, 1.807) is 35.2 Å². The summed E-state index contributed by atoms with van der Waals surface area (Å²) in [7, 11) is -4.02. The first-order valence-electron chi connectivity index (χ1n) is 10.6. The van der Waals surface area contributed by atoms with Crippen molar-refractivity contribution in [2.24, 2.45) is 5.92 Å². The fraction of sp³-hybridized carbons (Fsp3) is 0.333. The maximum atomic E-state index is 13.8. The van der Waals surface area contributed by atoms with Crippen LogP contribution >= 0.6 is 11.6 Å². The van der Waals surface area contributed by atoms with Crippen LogP contribution in [0.15, 0.2) is 58.5 Å². The fourth-order valence-electron chi connectivity index (χ4n) is 3.91. The van der Waals surface area contributed by atoms with E-state index in [4.69, 9.17) is 16.3 Å². The van der Waals surface area contributed by atoms with Crippen LogP contribution in [0.5, 0.6) is 0 Å². The Kier molecular flexibility index (Phi) is 6.51. The van der Waals surface area contributed by atoms with Gasteiger partial charge < -0.3 is 9.64 Å². The van der Waals surface area contributed by atoms with Crippen LogP contribution in [-0.4, -0.2) is 50.5 Å². The van der Waals surface area contributed by atoms with Crippen molar-refractivity contribution < 1.29 is 17.9 Å². The number of morpholine rings is 1. The van der Waals surface area contributed by atoms with E-state index < -0.39 is 9.84 Å². The Hall–Kier alpha value is -2.48. The maximum Gasteiger partial charge on any atom is 0.256 e. The van der Waals surface area contributed by atoms with Gasteiger partial charge in [-0.05, 0) is 48.2 Å². The lowest BCUT2D eigenvalue weighted by Crippen LogP contribution is -2.41. The quantitative estimate of drug-likeness (QED) is 0.550. The van der Waals surface area contributed by atoms with Crippen molar-refractivity contribution >= 4 is 38.2 Å². The van der Waals surface area contributed by atoms with Gasteiger partial charge in [0.2, 0.25) is 9.84 Å². The number of aromatic nitrogens is 1. The minimum atomic E-state index is -4.02. The van der Waals surface area contributed by atoms with Crippen molar-refractivity contribution in [3.05, 3.63) is 64.8 Å². The monoisotopic (exact) mass is 472 g/mol. The van der Waals surface area contributed by atoms with Gasteiger partial charge in [0.15, 0.2) is 0 Å². The van der Waals surface area contributed by atoms with E-state index in [0.717, 1.165) is 12.0 Å². The molecule has 2 heterocycles. The number of rotatable bonds is 5. The molecule has 0 unspecified atom stereocenters. The van der Waals surface area contributed by atoms with Crippen LogP contribution in [0.1, 0.15) is 29.8 Å². The molecule has 1 aliphatic rings. The smallest absolute Gasteiger partial charge is 0.256 e. The molecular weight excluding hydrogens is 448 g/mol. The average molecular weight is 473 g/mol. The number of fused-ring (bicyclic) bond motifs is 1. The average Bonchev–Trinajstić information content (AvgIpc) is 2.78. The number of carbonyl (C=O) groups excluding carboxylic acids is 1. The van der Waals surface area contributed by atoms with Crippen LogP contribution in [0.4, 0.5) is 0 Å². The number of halogens is 1. The molecule has 0 aliphatic carbocycles. The number of sulfone groups is 1. The van der Waals surface area contributed by atoms with Crippen molar-refractivity contribution in [2.75, 3.05) is 26.3 Å². The highest BCUT2D eigenvalue weighted by Gasteiger charge is 2.30. The Balaban J connectivity index is 1.88. The molecule has 0 bridgehead atoms. The Morgan fingerprint density at radius 1 is 1.12 bits per heavy atom. The third kappa shape index (κ3) is 4.51. The zero-order valence-corrected chi connectivity index (χ0v) is 19.6. The lowest BCUT2D eigenvalue weighted by atomic mass is 10.0. The molecule has 0 N–H and O–H groups in total. The molecule has 8 heteroatoms. The summed E-state index contributed by atoms with van der Waals surface area (Å²) in [5.41, 5.74) is 1.57. The van der Waals surface area contributed by atoms with E-state index >= 15 is 0 Å². The molecule has 1 aromatic heterocycles. The Morgan fingerprint density at radius 3 is 2.47 bits per heavy atom. The molecule has 0 radical (unpaired) electrons. The summed E-state index contributed by atoms with van der Waals surface area (Å²) in [6.07, 6.45) is 2.21. The highest BCUT2D eigenvalue weighted by atomic mass is 35.5. The second kappa shape index (κ2) is 9.17. The molecule has 4 rings (SSSR count). The number of amides is 1. The van der Waals surface area contributed by atoms with Crippen molar-refractivity contribution in [3.8, 4) is 0 Å². The van der Waals surface area contributed by atoms with E-state index in [1.807, 2.05) is 12.1 Å². The third-order valence-corrected chi connectivity index (χ3v) is 7.56. The summed E-state index contributed by atoms with van der Waals surface area (Å²) in [5.74, 6) is 0.0826. The zero-order chi connectivity index (χ0) is 22.9. The van der Waals surface area contributed by atoms with Crippen LogP contribution in [0.2, 0.25) is 5.02 Å². The molecule has 32 heavy (non-hydrogen) atoms. The van der Waals surface area contributed by atoms with Gasteiger partial charge >= 0.3 is 0 Å². The van der Waals surface area contributed by atoms with Crippen LogP contribution in [0, 0.1) is 5.92 Å². The molecule has 0 atom stereocenters. The predicted molar refractivity (Wildman–Crippen MR) is 124 cm³/mol. The molecule has 168 valence electrons. The fourth-order valence-corrected chi connectivity index (χ4v) is 5.70. The third-order valence-electron chi connectivity index (χ3n) is 5.46. The molecular formula is C24H25ClN2O4S. The summed E-state index contributed by atoms with van der Waals surface area (Å²) >= 11 is 6.20. The van der Waals surface area contributed by atoms with E-state index in [2.05, 4.69) is 18.8 Å². The van der Waals surface area contributed by atoms with E-state index in [0.29, 0.717) is 48.1 Å². The lowest BCUT2D eigenvalue weighted by Gasteiger charge is -2.27. The lowest BCUT2D eigenvalue weighted by molar-refractivity contribution is 0.0300. The summed E-state index contributed by atoms with van der Waals surface area (Å²) in [5, 5.41) is 0.710. The van der Waals surface area contributed by atoms with Crippen LogP contribution in [-0.2, 0) is 21.0 Å². The first kappa shape index (κ1) is 22.7. The van der Waals surface area contributed by atoms with Crippen molar-refractivity contribution in [1.82, 2.24) is 9.88 Å². The van der Waals surface area contributed by atoms with Crippen molar-refractivity contribution in [3.63, 3.8) is 0 Å². The van der Waals surface area contributed by atoms with E-state index in [9.17, 15) is 13.2 Å². The number of benzene rings is 2. The first-order chi connectivity index (χ1) is 15.3. The standard InChI is InChI=1S/C24H25ClN2O4S/c1-16(2)13-17-3-6-19(7-4-17)32(29,30)23-20-14-18(25)5-8-22(20)26-15-21(23)24(28)27-9-11-31-12-10-27/h3-8,14-16H,9-13H2,1-2H3. The van der Waals surface area contributed by atoms with E-state index in [1.165, 1.54) is 6.20 Å². The van der Waals surface area contributed by atoms with Crippen LogP contribution in [0.25, 0.3) is 10.9 Å². The minimum absolute atomic E-state index is 0.0490. The van der Waals surface area contributed by atoms with Gasteiger partial charge in [-0.2, -0.15) is 0 Å². The largest absolute Gasteiger partial charge is 0.378 e. The molecule has 0 spiro atoms. The second-order valence-electron chi connectivity index (χ2n) is 8.31. The van der Waals surface area contributed by atoms with Gasteiger partial charge in [-0.15, -0.1) is 0 Å². The predicted octanol–water partition coefficient (Wildman–Crippen LogP) is 4.39. The van der Waals surface area contributed by atoms with Crippen molar-refractivity contribution in [1.29, 1.82) is 0 Å². The SMILES string of the molecule is CC(C)Cc1ccc(S(=O)(=O)c2c(C(=O)N3CCOCC3)cnc3ccc(Cl)cc23)cc1. The van der Waals surface area contributed by atoms with Gasteiger partial charge in [0, 0.05) is 29.7 Å². The summed E-state index contributed by atoms with van der Waals surface area (Å²) in [6.45, 7) is 5.85. The van der Waals surface area contributed by atoms with Gasteiger partial charge in [0.1, 0.15) is 0 Å². The Bertz CT molecular complexity index is 1250. The summed E-state index contributed by atoms with van der Waals surface area (Å²) in [4.78, 5) is 19.4. The molecule has 6 nitrogen and oxygen atoms in total. The molecule has 3 aromatic rings. The molecule has 1 amide bonds. The molecule has 1 aliphatic heterocycles. The summed E-state index contributed by atoms with van der Waals surface area (Å²) in [6, 6.07) is 11.7. The number of pyridine rings is 1. The van der Waals surface area contributed by atoms with Gasteiger partial charge in [-0.25, -0.2) is 8.42 Å². The van der Waals surface area contributed by atoms with Gasteiger partial charge in [0.05, 0.1) is 34.1 Å². The molecule has 2 aromatic carbocycles. The van der Waals surface area contributed by atoms with E-state index in [-0.39, 0.29) is 21.3 Å². The molecule has 1 fully saturated rings. The number of ether oxygens (including phenoxy) is 1. The Labute approximate surface area is 193 Å².